The predicted molar refractivity (Wildman–Crippen MR) is 104 cm³/mol. The van der Waals surface area contributed by atoms with Crippen molar-refractivity contribution in [3.05, 3.63) is 65.3 Å². The van der Waals surface area contributed by atoms with E-state index in [1.807, 2.05) is 37.3 Å². The zero-order chi connectivity index (χ0) is 19.2. The maximum atomic E-state index is 11.4. The van der Waals surface area contributed by atoms with E-state index in [1.54, 1.807) is 24.4 Å². The van der Waals surface area contributed by atoms with Crippen LogP contribution in [0.5, 0.6) is 11.5 Å². The summed E-state index contributed by atoms with van der Waals surface area (Å²) in [7, 11) is 0. The first-order valence-electron chi connectivity index (χ1n) is 8.58. The number of benzene rings is 2. The number of hydrogen-bond acceptors (Lipinski definition) is 5. The topological polar surface area (TPSA) is 65.5 Å². The smallest absolute Gasteiger partial charge is 0.347 e. The van der Waals surface area contributed by atoms with Gasteiger partial charge in [-0.15, -0.1) is 0 Å². The maximum Gasteiger partial charge on any atom is 0.347 e. The number of aromatic nitrogens is 1. The molecule has 6 heteroatoms. The third-order valence-corrected chi connectivity index (χ3v) is 4.11. The van der Waals surface area contributed by atoms with E-state index in [1.165, 1.54) is 0 Å². The summed E-state index contributed by atoms with van der Waals surface area (Å²) < 4.78 is 10.2. The highest BCUT2D eigenvalue weighted by molar-refractivity contribution is 6.31. The van der Waals surface area contributed by atoms with Crippen LogP contribution in [0.4, 0.5) is 0 Å². The lowest BCUT2D eigenvalue weighted by Gasteiger charge is -2.16. The van der Waals surface area contributed by atoms with E-state index in [2.05, 4.69) is 9.72 Å². The lowest BCUT2D eigenvalue weighted by atomic mass is 10.1. The lowest BCUT2D eigenvalue weighted by molar-refractivity contribution is -0.121. The number of pyridine rings is 1. The molecule has 0 amide bonds. The van der Waals surface area contributed by atoms with Crippen molar-refractivity contribution in [2.75, 3.05) is 6.61 Å². The number of ether oxygens (including phenoxy) is 2. The summed E-state index contributed by atoms with van der Waals surface area (Å²) in [6, 6.07) is 14.5. The average Bonchev–Trinajstić information content (AvgIpc) is 2.66. The Bertz CT molecular complexity index is 982. The number of para-hydroxylation sites is 1. The van der Waals surface area contributed by atoms with Crippen molar-refractivity contribution in [1.82, 2.24) is 4.98 Å². The minimum Gasteiger partial charge on any atom is -0.484 e. The molecule has 0 saturated carbocycles. The maximum absolute atomic E-state index is 11.4. The molecule has 0 radical (unpaired) electrons. The van der Waals surface area contributed by atoms with Gasteiger partial charge >= 0.3 is 5.97 Å². The van der Waals surface area contributed by atoms with E-state index in [0.717, 1.165) is 17.3 Å². The van der Waals surface area contributed by atoms with Gasteiger partial charge in [-0.3, -0.25) is 9.78 Å². The van der Waals surface area contributed by atoms with Gasteiger partial charge in [0, 0.05) is 29.1 Å². The summed E-state index contributed by atoms with van der Waals surface area (Å²) in [6.45, 7) is 2.11. The molecule has 1 aromatic heterocycles. The van der Waals surface area contributed by atoms with Crippen LogP contribution < -0.4 is 9.47 Å². The van der Waals surface area contributed by atoms with Crippen molar-refractivity contribution in [2.24, 2.45) is 0 Å². The Hall–Kier alpha value is -2.92. The van der Waals surface area contributed by atoms with Crippen LogP contribution in [0.15, 0.2) is 54.7 Å². The number of nitrogens with zero attached hydrogens (tertiary/aromatic N) is 1. The highest BCUT2D eigenvalue weighted by Crippen LogP contribution is 2.31. The number of ketones is 1. The van der Waals surface area contributed by atoms with Crippen LogP contribution in [-0.2, 0) is 4.79 Å². The Morgan fingerprint density at radius 1 is 1.19 bits per heavy atom. The third kappa shape index (κ3) is 4.63. The van der Waals surface area contributed by atoms with Crippen LogP contribution in [0.3, 0.4) is 0 Å². The van der Waals surface area contributed by atoms with Gasteiger partial charge in [0.2, 0.25) is 0 Å². The highest BCUT2D eigenvalue weighted by Gasteiger charge is 2.25. The summed E-state index contributed by atoms with van der Waals surface area (Å²) in [5.41, 5.74) is 1.42. The molecule has 0 fully saturated rings. The van der Waals surface area contributed by atoms with Crippen LogP contribution in [0, 0.1) is 0 Å². The number of Topliss-reactive ketones (excluding diaryl/α,β-unsaturated/α-hetero) is 1. The van der Waals surface area contributed by atoms with E-state index < -0.39 is 0 Å². The van der Waals surface area contributed by atoms with Gasteiger partial charge in [0.1, 0.15) is 29.2 Å². The SMILES string of the molecule is CCCC(=O)COc1cccc2cccnc12.O=C1Oc2cc(Cl)ccc21. The van der Waals surface area contributed by atoms with Crippen LogP contribution in [0.1, 0.15) is 30.1 Å². The minimum atomic E-state index is -0.272. The molecule has 1 aliphatic rings. The van der Waals surface area contributed by atoms with Gasteiger partial charge < -0.3 is 9.47 Å². The molecule has 0 bridgehead atoms. The van der Waals surface area contributed by atoms with Crippen LogP contribution in [0.25, 0.3) is 10.9 Å². The largest absolute Gasteiger partial charge is 0.484 e. The standard InChI is InChI=1S/C14H15NO2.C7H3ClO2/c1-2-5-12(16)10-17-13-8-3-6-11-7-4-9-15-14(11)13;8-4-1-2-5-6(3-4)10-7(5)9/h3-4,6-9H,2,5,10H2,1H3;1-3H. The second kappa shape index (κ2) is 8.64. The molecule has 0 atom stereocenters. The lowest BCUT2D eigenvalue weighted by Crippen LogP contribution is -2.20. The second-order valence-electron chi connectivity index (χ2n) is 5.94. The summed E-state index contributed by atoms with van der Waals surface area (Å²) in [5.74, 6) is 1.11. The van der Waals surface area contributed by atoms with Gasteiger partial charge in [-0.2, -0.15) is 0 Å². The van der Waals surface area contributed by atoms with Gasteiger partial charge in [0.15, 0.2) is 5.78 Å². The molecule has 4 rings (SSSR count). The zero-order valence-corrected chi connectivity index (χ0v) is 15.5. The first kappa shape index (κ1) is 18.9. The first-order valence-corrected chi connectivity index (χ1v) is 8.96. The number of carbonyl (C=O) groups is 2. The number of fused-ring (bicyclic) bond motifs is 2. The molecular formula is C21H18ClNO4. The molecule has 0 spiro atoms. The molecular weight excluding hydrogens is 366 g/mol. The normalized spacial score (nSPS) is 11.6. The summed E-state index contributed by atoms with van der Waals surface area (Å²) >= 11 is 5.61. The van der Waals surface area contributed by atoms with Crippen molar-refractivity contribution in [3.8, 4) is 11.5 Å². The summed E-state index contributed by atoms with van der Waals surface area (Å²) in [4.78, 5) is 26.2. The number of halogens is 1. The Balaban J connectivity index is 0.000000177. The molecule has 27 heavy (non-hydrogen) atoms. The van der Waals surface area contributed by atoms with Crippen molar-refractivity contribution in [3.63, 3.8) is 0 Å². The van der Waals surface area contributed by atoms with Crippen LogP contribution in [-0.4, -0.2) is 23.3 Å². The molecule has 138 valence electrons. The molecule has 5 nitrogen and oxygen atoms in total. The van der Waals surface area contributed by atoms with Crippen molar-refractivity contribution in [1.29, 1.82) is 0 Å². The molecule has 0 unspecified atom stereocenters. The number of esters is 1. The summed E-state index contributed by atoms with van der Waals surface area (Å²) in [5, 5.41) is 1.61. The molecule has 0 saturated heterocycles. The number of rotatable bonds is 5. The first-order chi connectivity index (χ1) is 13.1. The fraction of sp³-hybridized carbons (Fsp3) is 0.190. The molecule has 0 aliphatic carbocycles. The third-order valence-electron chi connectivity index (χ3n) is 3.88. The highest BCUT2D eigenvalue weighted by atomic mass is 35.5. The van der Waals surface area contributed by atoms with Gasteiger partial charge in [-0.05, 0) is 30.7 Å². The Kier molecular flexibility index (Phi) is 6.04. The molecule has 1 aliphatic heterocycles. The average molecular weight is 384 g/mol. The second-order valence-corrected chi connectivity index (χ2v) is 6.38. The van der Waals surface area contributed by atoms with E-state index in [-0.39, 0.29) is 18.4 Å². The minimum absolute atomic E-state index is 0.125. The molecule has 0 N–H and O–H groups in total. The molecule has 2 aromatic carbocycles. The molecule has 3 aromatic rings. The van der Waals surface area contributed by atoms with Crippen molar-refractivity contribution in [2.45, 2.75) is 19.8 Å². The Labute approximate surface area is 161 Å². The fourth-order valence-corrected chi connectivity index (χ4v) is 2.72. The number of hydrogen-bond donors (Lipinski definition) is 0. The van der Waals surface area contributed by atoms with Gasteiger partial charge in [-0.25, -0.2) is 4.79 Å². The van der Waals surface area contributed by atoms with E-state index >= 15 is 0 Å². The quantitative estimate of drug-likeness (QED) is 0.589. The Morgan fingerprint density at radius 3 is 2.74 bits per heavy atom. The van der Waals surface area contributed by atoms with Gasteiger partial charge in [-0.1, -0.05) is 36.7 Å². The fourth-order valence-electron chi connectivity index (χ4n) is 2.56. The van der Waals surface area contributed by atoms with E-state index in [4.69, 9.17) is 16.3 Å². The Morgan fingerprint density at radius 2 is 2.00 bits per heavy atom. The van der Waals surface area contributed by atoms with Crippen molar-refractivity contribution >= 4 is 34.3 Å². The van der Waals surface area contributed by atoms with E-state index in [0.29, 0.717) is 28.5 Å². The predicted octanol–water partition coefficient (Wildman–Crippen LogP) is 4.86. The van der Waals surface area contributed by atoms with E-state index in [9.17, 15) is 9.59 Å². The van der Waals surface area contributed by atoms with Crippen LogP contribution >= 0.6 is 11.6 Å². The number of carbonyl (C=O) groups excluding carboxylic acids is 2. The van der Waals surface area contributed by atoms with Gasteiger partial charge in [0.05, 0.1) is 0 Å². The van der Waals surface area contributed by atoms with Crippen molar-refractivity contribution < 1.29 is 19.1 Å². The summed E-state index contributed by atoms with van der Waals surface area (Å²) in [6.07, 6.45) is 3.15. The molecule has 2 heterocycles. The van der Waals surface area contributed by atoms with Gasteiger partial charge in [0.25, 0.3) is 0 Å². The monoisotopic (exact) mass is 383 g/mol. The zero-order valence-electron chi connectivity index (χ0n) is 14.8. The van der Waals surface area contributed by atoms with Crippen LogP contribution in [0.2, 0.25) is 5.02 Å².